The predicted octanol–water partition coefficient (Wildman–Crippen LogP) is 2.32. The molecule has 0 fully saturated rings. The van der Waals surface area contributed by atoms with Crippen LogP contribution in [-0.2, 0) is 6.54 Å². The molecule has 0 amide bonds. The molecule has 0 spiro atoms. The fraction of sp³-hybridized carbons (Fsp3) is 0.0714. The highest BCUT2D eigenvalue weighted by Gasteiger charge is 2.00. The Balaban J connectivity index is 1.96. The monoisotopic (exact) mass is 257 g/mol. The van der Waals surface area contributed by atoms with Gasteiger partial charge in [-0.15, -0.1) is 0 Å². The molecule has 0 aromatic heterocycles. The van der Waals surface area contributed by atoms with Crippen LogP contribution in [0.4, 0.5) is 11.4 Å². The first-order valence-electron chi connectivity index (χ1n) is 5.63. The van der Waals surface area contributed by atoms with Crippen LogP contribution in [0.15, 0.2) is 48.5 Å². The Morgan fingerprint density at radius 3 is 1.94 bits per heavy atom. The van der Waals surface area contributed by atoms with E-state index < -0.39 is 0 Å². The van der Waals surface area contributed by atoms with Crippen LogP contribution in [0.1, 0.15) is 11.1 Å². The summed E-state index contributed by atoms with van der Waals surface area (Å²) in [5.74, 6) is 0. The smallest absolute Gasteiger partial charge is 0.106 e. The van der Waals surface area contributed by atoms with Crippen LogP contribution in [0.25, 0.3) is 0 Å². The van der Waals surface area contributed by atoms with E-state index in [4.69, 9.17) is 23.7 Å². The highest BCUT2D eigenvalue weighted by molar-refractivity contribution is 7.80. The summed E-state index contributed by atoms with van der Waals surface area (Å²) in [6.45, 7) is 0.684. The van der Waals surface area contributed by atoms with Crippen molar-refractivity contribution in [2.75, 3.05) is 11.5 Å². The van der Waals surface area contributed by atoms with Crippen molar-refractivity contribution in [3.8, 4) is 0 Å². The fourth-order valence-corrected chi connectivity index (χ4v) is 1.76. The molecule has 0 unspecified atom stereocenters. The number of anilines is 2. The van der Waals surface area contributed by atoms with Crippen LogP contribution in [0.3, 0.4) is 0 Å². The maximum Gasteiger partial charge on any atom is 0.106 e. The van der Waals surface area contributed by atoms with Crippen molar-refractivity contribution in [2.24, 2.45) is 0 Å². The molecule has 0 saturated heterocycles. The molecule has 5 N–H and O–H groups in total. The highest BCUT2D eigenvalue weighted by atomic mass is 32.1. The van der Waals surface area contributed by atoms with Crippen molar-refractivity contribution in [3.05, 3.63) is 59.7 Å². The third-order valence-corrected chi connectivity index (χ3v) is 2.99. The third-order valence-electron chi connectivity index (χ3n) is 2.61. The first-order valence-corrected chi connectivity index (χ1v) is 6.04. The maximum atomic E-state index is 5.63. The number of rotatable bonds is 3. The van der Waals surface area contributed by atoms with Gasteiger partial charge in [-0.05, 0) is 42.0 Å². The number of nitrogens with one attached hydrogen (secondary N) is 1. The van der Waals surface area contributed by atoms with Gasteiger partial charge in [-0.25, -0.2) is 0 Å². The van der Waals surface area contributed by atoms with Crippen molar-refractivity contribution in [1.82, 2.24) is 5.32 Å². The van der Waals surface area contributed by atoms with E-state index in [0.717, 1.165) is 22.5 Å². The molecule has 0 aliphatic rings. The summed E-state index contributed by atoms with van der Waals surface area (Å²) in [7, 11) is 0. The van der Waals surface area contributed by atoms with E-state index in [9.17, 15) is 0 Å². The Labute approximate surface area is 112 Å². The summed E-state index contributed by atoms with van der Waals surface area (Å²) in [5, 5.41) is 3.20. The standard InChI is InChI=1S/C14H15N3S/c15-12-5-1-10(2-6-12)9-17-14(18)11-3-7-13(16)8-4-11/h1-8H,9,15-16H2,(H,17,18). The molecular formula is C14H15N3S. The molecule has 2 rings (SSSR count). The molecule has 0 atom stereocenters. The van der Waals surface area contributed by atoms with Gasteiger partial charge in [0.2, 0.25) is 0 Å². The second kappa shape index (κ2) is 5.51. The van der Waals surface area contributed by atoms with Crippen molar-refractivity contribution in [1.29, 1.82) is 0 Å². The number of nitrogen functional groups attached to an aromatic ring is 2. The largest absolute Gasteiger partial charge is 0.399 e. The molecule has 2 aromatic carbocycles. The zero-order chi connectivity index (χ0) is 13.0. The molecule has 92 valence electrons. The average Bonchev–Trinajstić information content (AvgIpc) is 2.38. The van der Waals surface area contributed by atoms with Crippen LogP contribution in [-0.4, -0.2) is 4.99 Å². The lowest BCUT2D eigenvalue weighted by Gasteiger charge is -2.08. The van der Waals surface area contributed by atoms with E-state index in [-0.39, 0.29) is 0 Å². The van der Waals surface area contributed by atoms with E-state index in [2.05, 4.69) is 5.32 Å². The Hall–Kier alpha value is -2.07. The van der Waals surface area contributed by atoms with Crippen LogP contribution < -0.4 is 16.8 Å². The normalized spacial score (nSPS) is 10.0. The molecule has 0 radical (unpaired) electrons. The van der Waals surface area contributed by atoms with E-state index in [1.54, 1.807) is 0 Å². The first kappa shape index (κ1) is 12.4. The van der Waals surface area contributed by atoms with Crippen molar-refractivity contribution in [3.63, 3.8) is 0 Å². The fourth-order valence-electron chi connectivity index (χ4n) is 1.55. The van der Waals surface area contributed by atoms with Gasteiger partial charge >= 0.3 is 0 Å². The van der Waals surface area contributed by atoms with E-state index in [1.165, 1.54) is 0 Å². The molecule has 0 saturated carbocycles. The summed E-state index contributed by atoms with van der Waals surface area (Å²) in [6.07, 6.45) is 0. The van der Waals surface area contributed by atoms with Gasteiger partial charge in [0.1, 0.15) is 4.99 Å². The molecule has 0 heterocycles. The second-order valence-corrected chi connectivity index (χ2v) is 4.45. The SMILES string of the molecule is Nc1ccc(CNC(=S)c2ccc(N)cc2)cc1. The molecule has 0 aliphatic carbocycles. The molecule has 0 bridgehead atoms. The van der Waals surface area contributed by atoms with Gasteiger partial charge in [0.05, 0.1) is 0 Å². The quantitative estimate of drug-likeness (QED) is 0.583. The number of thiocarbonyl (C=S) groups is 1. The minimum absolute atomic E-state index is 0.684. The summed E-state index contributed by atoms with van der Waals surface area (Å²) in [6, 6.07) is 15.2. The lowest BCUT2D eigenvalue weighted by molar-refractivity contribution is 0.929. The van der Waals surface area contributed by atoms with Crippen molar-refractivity contribution >= 4 is 28.6 Å². The summed E-state index contributed by atoms with van der Waals surface area (Å²) < 4.78 is 0. The van der Waals surface area contributed by atoms with Crippen LogP contribution in [0.5, 0.6) is 0 Å². The van der Waals surface area contributed by atoms with Crippen molar-refractivity contribution < 1.29 is 0 Å². The van der Waals surface area contributed by atoms with Gasteiger partial charge in [-0.2, -0.15) is 0 Å². The average molecular weight is 257 g/mol. The first-order chi connectivity index (χ1) is 8.65. The van der Waals surface area contributed by atoms with E-state index >= 15 is 0 Å². The predicted molar refractivity (Wildman–Crippen MR) is 80.2 cm³/mol. The van der Waals surface area contributed by atoms with Crippen molar-refractivity contribution in [2.45, 2.75) is 6.54 Å². The Morgan fingerprint density at radius 2 is 1.39 bits per heavy atom. The highest BCUT2D eigenvalue weighted by Crippen LogP contribution is 2.08. The number of nitrogens with two attached hydrogens (primary N) is 2. The van der Waals surface area contributed by atoms with Gasteiger partial charge in [-0.1, -0.05) is 24.4 Å². The van der Waals surface area contributed by atoms with Gasteiger partial charge in [-0.3, -0.25) is 0 Å². The lowest BCUT2D eigenvalue weighted by Crippen LogP contribution is -2.21. The topological polar surface area (TPSA) is 64.1 Å². The third kappa shape index (κ3) is 3.21. The van der Waals surface area contributed by atoms with Gasteiger partial charge < -0.3 is 16.8 Å². The van der Waals surface area contributed by atoms with E-state index in [0.29, 0.717) is 11.5 Å². The Bertz CT molecular complexity index is 532. The molecule has 4 heteroatoms. The zero-order valence-electron chi connectivity index (χ0n) is 9.89. The summed E-state index contributed by atoms with van der Waals surface area (Å²) >= 11 is 5.31. The summed E-state index contributed by atoms with van der Waals surface area (Å²) in [5.41, 5.74) is 14.9. The lowest BCUT2D eigenvalue weighted by atomic mass is 10.2. The minimum Gasteiger partial charge on any atom is -0.399 e. The van der Waals surface area contributed by atoms with Gasteiger partial charge in [0.25, 0.3) is 0 Å². The zero-order valence-corrected chi connectivity index (χ0v) is 10.7. The molecule has 2 aromatic rings. The Kier molecular flexibility index (Phi) is 3.79. The summed E-state index contributed by atoms with van der Waals surface area (Å²) in [4.78, 5) is 0.715. The number of hydrogen-bond acceptors (Lipinski definition) is 3. The second-order valence-electron chi connectivity index (χ2n) is 4.05. The minimum atomic E-state index is 0.684. The van der Waals surface area contributed by atoms with Gasteiger partial charge in [0.15, 0.2) is 0 Å². The molecular weight excluding hydrogens is 242 g/mol. The maximum absolute atomic E-state index is 5.63. The van der Waals surface area contributed by atoms with Gasteiger partial charge in [0, 0.05) is 23.5 Å². The number of hydrogen-bond donors (Lipinski definition) is 3. The van der Waals surface area contributed by atoms with Crippen LogP contribution >= 0.6 is 12.2 Å². The van der Waals surface area contributed by atoms with Crippen LogP contribution in [0.2, 0.25) is 0 Å². The van der Waals surface area contributed by atoms with Crippen LogP contribution in [0, 0.1) is 0 Å². The molecule has 18 heavy (non-hydrogen) atoms. The Morgan fingerprint density at radius 1 is 0.889 bits per heavy atom. The number of benzene rings is 2. The molecule has 0 aliphatic heterocycles. The van der Waals surface area contributed by atoms with E-state index in [1.807, 2.05) is 48.5 Å². The molecule has 3 nitrogen and oxygen atoms in total.